The molecule has 2 aromatic rings. The molecule has 0 bridgehead atoms. The lowest BCUT2D eigenvalue weighted by Crippen LogP contribution is -2.39. The molecule has 0 fully saturated rings. The fourth-order valence-corrected chi connectivity index (χ4v) is 5.12. The van der Waals surface area contributed by atoms with E-state index >= 15 is 0 Å². The molecule has 0 aliphatic carbocycles. The Bertz CT molecular complexity index is 1040. The average Bonchev–Trinajstić information content (AvgIpc) is 2.96. The smallest absolute Gasteiger partial charge is 0.326 e. The van der Waals surface area contributed by atoms with Crippen LogP contribution >= 0.6 is 23.2 Å². The molecule has 3 unspecified atom stereocenters. The maximum absolute atomic E-state index is 13.5. The summed E-state index contributed by atoms with van der Waals surface area (Å²) in [4.78, 5) is 40.2. The van der Waals surface area contributed by atoms with Gasteiger partial charge in [-0.2, -0.15) is 0 Å². The molecule has 0 heterocycles. The van der Waals surface area contributed by atoms with Crippen molar-refractivity contribution in [3.8, 4) is 0 Å². The lowest BCUT2D eigenvalue weighted by atomic mass is 9.96. The summed E-state index contributed by atoms with van der Waals surface area (Å²) in [6, 6.07) is 15.0. The fraction of sp³-hybridized carbons (Fsp3) is 0.559. The number of carbonyl (C=O) groups is 3. The number of Topliss-reactive ketones (excluding diaryl/α,β-unsaturated/α-hetero) is 1. The number of ether oxygens (including phenoxy) is 1. The van der Waals surface area contributed by atoms with Gasteiger partial charge >= 0.3 is 5.97 Å². The zero-order valence-electron chi connectivity index (χ0n) is 24.7. The molecule has 41 heavy (non-hydrogen) atoms. The summed E-state index contributed by atoms with van der Waals surface area (Å²) in [5.41, 5.74) is 0.589. The number of amides is 1. The molecular weight excluding hydrogens is 557 g/mol. The molecule has 226 valence electrons. The van der Waals surface area contributed by atoms with E-state index in [2.05, 4.69) is 12.2 Å². The van der Waals surface area contributed by atoms with Gasteiger partial charge in [0.15, 0.2) is 11.7 Å². The lowest BCUT2D eigenvalue weighted by Gasteiger charge is -2.22. The molecule has 5 nitrogen and oxygen atoms in total. The molecule has 0 aromatic heterocycles. The zero-order valence-corrected chi connectivity index (χ0v) is 26.2. The van der Waals surface area contributed by atoms with Crippen LogP contribution in [0.3, 0.4) is 0 Å². The Morgan fingerprint density at radius 3 is 1.90 bits per heavy atom. The van der Waals surface area contributed by atoms with Crippen molar-refractivity contribution in [2.45, 2.75) is 115 Å². The molecule has 0 radical (unpaired) electrons. The first kappa shape index (κ1) is 34.8. The Morgan fingerprint density at radius 1 is 0.756 bits per heavy atom. The summed E-state index contributed by atoms with van der Waals surface area (Å²) in [6.45, 7) is 4.14. The maximum atomic E-state index is 13.5. The summed E-state index contributed by atoms with van der Waals surface area (Å²) in [6.07, 6.45) is 15.0. The molecule has 3 atom stereocenters. The molecule has 0 spiro atoms. The van der Waals surface area contributed by atoms with Crippen LogP contribution in [0.25, 0.3) is 0 Å². The Labute approximate surface area is 256 Å². The Balaban J connectivity index is 1.99. The van der Waals surface area contributed by atoms with Crippen LogP contribution in [0.5, 0.6) is 0 Å². The highest BCUT2D eigenvalue weighted by atomic mass is 35.5. The zero-order chi connectivity index (χ0) is 29.9. The van der Waals surface area contributed by atoms with E-state index in [0.29, 0.717) is 30.0 Å². The van der Waals surface area contributed by atoms with E-state index in [0.717, 1.165) is 19.3 Å². The van der Waals surface area contributed by atoms with Gasteiger partial charge in [0, 0.05) is 10.9 Å². The van der Waals surface area contributed by atoms with Crippen LogP contribution in [0.1, 0.15) is 114 Å². The maximum Gasteiger partial charge on any atom is 0.326 e. The van der Waals surface area contributed by atoms with Crippen LogP contribution in [0.4, 0.5) is 5.69 Å². The summed E-state index contributed by atoms with van der Waals surface area (Å²) in [7, 11) is 0. The topological polar surface area (TPSA) is 72.5 Å². The largest absolute Gasteiger partial charge is 0.461 e. The third-order valence-electron chi connectivity index (χ3n) is 7.25. The van der Waals surface area contributed by atoms with Crippen molar-refractivity contribution in [1.82, 2.24) is 0 Å². The minimum atomic E-state index is -1.65. The number of anilines is 1. The number of nitrogens with one attached hydrogen (secondary N) is 1. The van der Waals surface area contributed by atoms with E-state index in [1.807, 2.05) is 6.92 Å². The number of carbonyl (C=O) groups excluding carboxylic acids is 3. The second-order valence-electron chi connectivity index (χ2n) is 10.9. The highest BCUT2D eigenvalue weighted by Crippen LogP contribution is 2.24. The molecule has 0 saturated carbocycles. The van der Waals surface area contributed by atoms with Gasteiger partial charge < -0.3 is 10.1 Å². The molecule has 1 amide bonds. The van der Waals surface area contributed by atoms with Gasteiger partial charge in [-0.3, -0.25) is 14.4 Å². The molecule has 2 aromatic carbocycles. The normalized spacial score (nSPS) is 13.3. The lowest BCUT2D eigenvalue weighted by molar-refractivity contribution is -0.154. The minimum absolute atomic E-state index is 0.0706. The fourth-order valence-electron chi connectivity index (χ4n) is 4.82. The molecular formula is C34H47Cl2NO4. The van der Waals surface area contributed by atoms with Crippen LogP contribution in [0.15, 0.2) is 54.6 Å². The predicted molar refractivity (Wildman–Crippen MR) is 170 cm³/mol. The molecule has 0 saturated heterocycles. The standard InChI is InChI=1S/C34H47Cl2NO4/c1-3-4-5-6-7-8-9-10-11-12-16-21-28(25-24-26(2)35)41-34(40)31(32(38)27-19-14-13-15-20-27)33(39)37-30-23-18-17-22-29(30)36/h13-15,17-20,22-23,26,28,31H,3-12,16,21,24-25H2,1-2H3,(H,37,39). The summed E-state index contributed by atoms with van der Waals surface area (Å²) in [5, 5.41) is 2.88. The van der Waals surface area contributed by atoms with Gasteiger partial charge in [0.05, 0.1) is 10.7 Å². The van der Waals surface area contributed by atoms with Gasteiger partial charge in [-0.1, -0.05) is 125 Å². The van der Waals surface area contributed by atoms with Gasteiger partial charge in [0.1, 0.15) is 6.10 Å². The SMILES string of the molecule is CCCCCCCCCCCCCC(CCC(C)Cl)OC(=O)C(C(=O)Nc1ccccc1Cl)C(=O)c1ccccc1. The van der Waals surface area contributed by atoms with Crippen molar-refractivity contribution in [2.75, 3.05) is 5.32 Å². The quantitative estimate of drug-likeness (QED) is 0.0506. The van der Waals surface area contributed by atoms with Crippen LogP contribution in [-0.2, 0) is 14.3 Å². The van der Waals surface area contributed by atoms with E-state index in [9.17, 15) is 14.4 Å². The van der Waals surface area contributed by atoms with Gasteiger partial charge in [0.25, 0.3) is 0 Å². The molecule has 0 aliphatic heterocycles. The Kier molecular flexibility index (Phi) is 17.4. The van der Waals surface area contributed by atoms with Crippen molar-refractivity contribution < 1.29 is 19.1 Å². The second kappa shape index (κ2) is 20.5. The van der Waals surface area contributed by atoms with Crippen LogP contribution in [0, 0.1) is 5.92 Å². The number of alkyl halides is 1. The Morgan fingerprint density at radius 2 is 1.32 bits per heavy atom. The number of para-hydroxylation sites is 1. The van der Waals surface area contributed by atoms with Gasteiger partial charge in [0.2, 0.25) is 5.91 Å². The van der Waals surface area contributed by atoms with Gasteiger partial charge in [-0.25, -0.2) is 0 Å². The molecule has 1 N–H and O–H groups in total. The van der Waals surface area contributed by atoms with Crippen LogP contribution in [-0.4, -0.2) is 29.1 Å². The van der Waals surface area contributed by atoms with Crippen LogP contribution < -0.4 is 5.32 Å². The summed E-state index contributed by atoms with van der Waals surface area (Å²) in [5.74, 6) is -3.88. The highest BCUT2D eigenvalue weighted by Gasteiger charge is 2.37. The number of esters is 1. The van der Waals surface area contributed by atoms with Crippen molar-refractivity contribution in [1.29, 1.82) is 0 Å². The molecule has 2 rings (SSSR count). The Hall–Kier alpha value is -2.37. The van der Waals surface area contributed by atoms with E-state index in [1.54, 1.807) is 54.6 Å². The first-order valence-electron chi connectivity index (χ1n) is 15.3. The number of benzene rings is 2. The average molecular weight is 605 g/mol. The number of unbranched alkanes of at least 4 members (excludes halogenated alkanes) is 10. The minimum Gasteiger partial charge on any atom is -0.461 e. The van der Waals surface area contributed by atoms with Crippen molar-refractivity contribution in [2.24, 2.45) is 5.92 Å². The summed E-state index contributed by atoms with van der Waals surface area (Å²) < 4.78 is 5.87. The second-order valence-corrected chi connectivity index (χ2v) is 12.0. The summed E-state index contributed by atoms with van der Waals surface area (Å²) >= 11 is 12.4. The third-order valence-corrected chi connectivity index (χ3v) is 7.80. The number of ketones is 1. The van der Waals surface area contributed by atoms with Gasteiger partial charge in [-0.05, 0) is 44.7 Å². The molecule has 0 aliphatic rings. The van der Waals surface area contributed by atoms with E-state index in [-0.39, 0.29) is 10.9 Å². The van der Waals surface area contributed by atoms with Gasteiger partial charge in [-0.15, -0.1) is 11.6 Å². The van der Waals surface area contributed by atoms with Crippen LogP contribution in [0.2, 0.25) is 5.02 Å². The van der Waals surface area contributed by atoms with E-state index < -0.39 is 29.7 Å². The number of hydrogen-bond acceptors (Lipinski definition) is 4. The first-order chi connectivity index (χ1) is 19.8. The molecule has 7 heteroatoms. The van der Waals surface area contributed by atoms with E-state index in [4.69, 9.17) is 27.9 Å². The van der Waals surface area contributed by atoms with Crippen molar-refractivity contribution in [3.05, 3.63) is 65.2 Å². The van der Waals surface area contributed by atoms with Crippen molar-refractivity contribution >= 4 is 46.5 Å². The number of hydrogen-bond donors (Lipinski definition) is 1. The van der Waals surface area contributed by atoms with Crippen molar-refractivity contribution in [3.63, 3.8) is 0 Å². The number of rotatable bonds is 21. The predicted octanol–water partition coefficient (Wildman–Crippen LogP) is 9.80. The third kappa shape index (κ3) is 13.9. The highest BCUT2D eigenvalue weighted by molar-refractivity contribution is 6.34. The van der Waals surface area contributed by atoms with E-state index in [1.165, 1.54) is 51.4 Å². The number of halogens is 2. The first-order valence-corrected chi connectivity index (χ1v) is 16.1. The monoisotopic (exact) mass is 603 g/mol.